The maximum atomic E-state index is 12.6. The third kappa shape index (κ3) is 3.38. The molecule has 2 N–H and O–H groups in total. The van der Waals surface area contributed by atoms with Crippen LogP contribution in [0.4, 0.5) is 14.9 Å². The van der Waals surface area contributed by atoms with Crippen molar-refractivity contribution in [2.75, 3.05) is 31.6 Å². The highest BCUT2D eigenvalue weighted by Gasteiger charge is 2.20. The number of nitrogens with one attached hydrogen (secondary N) is 1. The molecule has 1 atom stereocenters. The molecule has 1 fully saturated rings. The van der Waals surface area contributed by atoms with Gasteiger partial charge in [-0.2, -0.15) is 4.39 Å². The Hall–Kier alpha value is -1.73. The monoisotopic (exact) mass is 255 g/mol. The second-order valence-corrected chi connectivity index (χ2v) is 3.97. The Morgan fingerprint density at radius 1 is 1.61 bits per heavy atom. The van der Waals surface area contributed by atoms with E-state index in [-0.39, 0.29) is 19.2 Å². The first kappa shape index (κ1) is 12.7. The number of carbonyl (C=O) groups is 1. The van der Waals surface area contributed by atoms with Crippen LogP contribution in [0.25, 0.3) is 0 Å². The van der Waals surface area contributed by atoms with Crippen LogP contribution in [0, 0.1) is 5.95 Å². The van der Waals surface area contributed by atoms with Crippen molar-refractivity contribution in [3.63, 3.8) is 0 Å². The van der Waals surface area contributed by atoms with Crippen LogP contribution >= 0.6 is 0 Å². The van der Waals surface area contributed by atoms with Gasteiger partial charge in [-0.3, -0.25) is 0 Å². The van der Waals surface area contributed by atoms with E-state index in [0.29, 0.717) is 18.8 Å². The molecular weight excluding hydrogens is 241 g/mol. The summed E-state index contributed by atoms with van der Waals surface area (Å²) >= 11 is 0. The first-order valence-corrected chi connectivity index (χ1v) is 5.58. The van der Waals surface area contributed by atoms with Crippen LogP contribution in [-0.4, -0.2) is 53.4 Å². The normalized spacial score (nSPS) is 20.3. The van der Waals surface area contributed by atoms with Crippen LogP contribution in [0.5, 0.6) is 0 Å². The number of halogens is 1. The summed E-state index contributed by atoms with van der Waals surface area (Å²) in [6, 6.07) is 2.22. The molecule has 1 aromatic rings. The number of nitrogens with zero attached hydrogens (tertiary/aromatic N) is 2. The number of rotatable bonds is 1. The van der Waals surface area contributed by atoms with E-state index >= 15 is 0 Å². The Labute approximate surface area is 103 Å². The highest BCUT2D eigenvalue weighted by Crippen LogP contribution is 2.08. The minimum absolute atomic E-state index is 0.209. The minimum Gasteiger partial charge on any atom is -0.389 e. The molecule has 98 valence electrons. The van der Waals surface area contributed by atoms with Crippen molar-refractivity contribution in [1.82, 2.24) is 9.88 Å². The van der Waals surface area contributed by atoms with Gasteiger partial charge < -0.3 is 20.1 Å². The van der Waals surface area contributed by atoms with Crippen molar-refractivity contribution >= 4 is 11.7 Å². The fourth-order valence-electron chi connectivity index (χ4n) is 1.63. The molecule has 1 aromatic heterocycles. The number of aliphatic hydroxyl groups is 1. The molecule has 0 aliphatic carbocycles. The van der Waals surface area contributed by atoms with Gasteiger partial charge >= 0.3 is 6.03 Å². The van der Waals surface area contributed by atoms with Gasteiger partial charge in [-0.15, -0.1) is 0 Å². The van der Waals surface area contributed by atoms with E-state index in [9.17, 15) is 14.3 Å². The Balaban J connectivity index is 1.96. The van der Waals surface area contributed by atoms with Gasteiger partial charge in [0.1, 0.15) is 0 Å². The molecule has 18 heavy (non-hydrogen) atoms. The number of pyridine rings is 1. The first-order chi connectivity index (χ1) is 8.65. The van der Waals surface area contributed by atoms with Gasteiger partial charge in [0.25, 0.3) is 0 Å². The molecule has 2 amide bonds. The number of hydrogen-bond donors (Lipinski definition) is 2. The number of β-amino-alcohol motifs (C(OH)–C–C–N with tert-alkyl or cyclic N) is 1. The molecule has 1 saturated heterocycles. The Morgan fingerprint density at radius 3 is 3.17 bits per heavy atom. The Kier molecular flexibility index (Phi) is 4.06. The fourth-order valence-corrected chi connectivity index (χ4v) is 1.63. The van der Waals surface area contributed by atoms with Crippen LogP contribution in [0.2, 0.25) is 0 Å². The SMILES string of the molecule is O=C(Nc1ccc(F)nc1)N1CCOCC(O)C1. The van der Waals surface area contributed by atoms with Gasteiger partial charge in [-0.1, -0.05) is 0 Å². The van der Waals surface area contributed by atoms with Crippen molar-refractivity contribution in [1.29, 1.82) is 0 Å². The average molecular weight is 255 g/mol. The van der Waals surface area contributed by atoms with E-state index in [0.717, 1.165) is 6.07 Å². The van der Waals surface area contributed by atoms with Crippen LogP contribution in [0.3, 0.4) is 0 Å². The van der Waals surface area contributed by atoms with Gasteiger partial charge in [0.2, 0.25) is 5.95 Å². The number of anilines is 1. The lowest BCUT2D eigenvalue weighted by molar-refractivity contribution is 0.0575. The second kappa shape index (κ2) is 5.74. The van der Waals surface area contributed by atoms with Gasteiger partial charge in [-0.25, -0.2) is 9.78 Å². The van der Waals surface area contributed by atoms with Crippen LogP contribution in [0.15, 0.2) is 18.3 Å². The van der Waals surface area contributed by atoms with Crippen LogP contribution in [0.1, 0.15) is 0 Å². The summed E-state index contributed by atoms with van der Waals surface area (Å²) in [5.74, 6) is -0.605. The summed E-state index contributed by atoms with van der Waals surface area (Å²) in [5, 5.41) is 12.1. The number of aromatic nitrogens is 1. The van der Waals surface area contributed by atoms with E-state index in [2.05, 4.69) is 10.3 Å². The lowest BCUT2D eigenvalue weighted by Crippen LogP contribution is -2.40. The summed E-state index contributed by atoms with van der Waals surface area (Å²) in [5.41, 5.74) is 0.404. The third-order valence-electron chi connectivity index (χ3n) is 2.51. The summed E-state index contributed by atoms with van der Waals surface area (Å²) in [6.07, 6.45) is 0.544. The molecule has 1 aliphatic heterocycles. The van der Waals surface area contributed by atoms with E-state index in [1.54, 1.807) is 0 Å². The van der Waals surface area contributed by atoms with Gasteiger partial charge in [0, 0.05) is 6.54 Å². The van der Waals surface area contributed by atoms with Crippen molar-refractivity contribution < 1.29 is 19.0 Å². The molecule has 2 rings (SSSR count). The van der Waals surface area contributed by atoms with E-state index in [4.69, 9.17) is 4.74 Å². The highest BCUT2D eigenvalue weighted by molar-refractivity contribution is 5.89. The van der Waals surface area contributed by atoms with Crippen LogP contribution < -0.4 is 5.32 Å². The smallest absolute Gasteiger partial charge is 0.322 e. The van der Waals surface area contributed by atoms with Crippen molar-refractivity contribution in [2.45, 2.75) is 6.10 Å². The topological polar surface area (TPSA) is 74.7 Å². The molecule has 0 bridgehead atoms. The molecule has 2 heterocycles. The lowest BCUT2D eigenvalue weighted by atomic mass is 10.3. The maximum absolute atomic E-state index is 12.6. The minimum atomic E-state index is -0.690. The lowest BCUT2D eigenvalue weighted by Gasteiger charge is -2.21. The fraction of sp³-hybridized carbons (Fsp3) is 0.455. The van der Waals surface area contributed by atoms with Crippen molar-refractivity contribution in [2.24, 2.45) is 0 Å². The standard InChI is InChI=1S/C11H14FN3O3/c12-10-2-1-8(5-13-10)14-11(17)15-3-4-18-7-9(16)6-15/h1-2,5,9,16H,3-4,6-7H2,(H,14,17). The van der Waals surface area contributed by atoms with E-state index in [1.165, 1.54) is 17.2 Å². The molecule has 0 aromatic carbocycles. The zero-order chi connectivity index (χ0) is 13.0. The van der Waals surface area contributed by atoms with Crippen LogP contribution in [-0.2, 0) is 4.74 Å². The molecule has 0 radical (unpaired) electrons. The number of urea groups is 1. The van der Waals surface area contributed by atoms with Crippen molar-refractivity contribution in [3.05, 3.63) is 24.3 Å². The molecule has 0 saturated carbocycles. The number of carbonyl (C=O) groups excluding carboxylic acids is 1. The van der Waals surface area contributed by atoms with Gasteiger partial charge in [0.15, 0.2) is 0 Å². The molecule has 1 unspecified atom stereocenters. The zero-order valence-electron chi connectivity index (χ0n) is 9.67. The summed E-state index contributed by atoms with van der Waals surface area (Å²) in [6.45, 7) is 1.21. The highest BCUT2D eigenvalue weighted by atomic mass is 19.1. The maximum Gasteiger partial charge on any atom is 0.322 e. The number of hydrogen-bond acceptors (Lipinski definition) is 4. The predicted octanol–water partition coefficient (Wildman–Crippen LogP) is 0.446. The zero-order valence-corrected chi connectivity index (χ0v) is 9.67. The quantitative estimate of drug-likeness (QED) is 0.714. The largest absolute Gasteiger partial charge is 0.389 e. The second-order valence-electron chi connectivity index (χ2n) is 3.97. The third-order valence-corrected chi connectivity index (χ3v) is 2.51. The molecular formula is C11H14FN3O3. The van der Waals surface area contributed by atoms with Crippen molar-refractivity contribution in [3.8, 4) is 0 Å². The summed E-state index contributed by atoms with van der Waals surface area (Å²) in [7, 11) is 0. The van der Waals surface area contributed by atoms with E-state index in [1.807, 2.05) is 0 Å². The Morgan fingerprint density at radius 2 is 2.44 bits per heavy atom. The first-order valence-electron chi connectivity index (χ1n) is 5.58. The predicted molar refractivity (Wildman–Crippen MR) is 61.6 cm³/mol. The number of amides is 2. The molecule has 1 aliphatic rings. The van der Waals surface area contributed by atoms with E-state index < -0.39 is 12.1 Å². The summed E-state index contributed by atoms with van der Waals surface area (Å²) in [4.78, 5) is 16.8. The Bertz CT molecular complexity index is 412. The summed E-state index contributed by atoms with van der Waals surface area (Å²) < 4.78 is 17.7. The molecule has 7 heteroatoms. The number of ether oxygens (including phenoxy) is 1. The average Bonchev–Trinajstić information content (AvgIpc) is 2.57. The molecule has 0 spiro atoms. The number of aliphatic hydroxyl groups excluding tert-OH is 1. The van der Waals surface area contributed by atoms with Gasteiger partial charge in [-0.05, 0) is 12.1 Å². The van der Waals surface area contributed by atoms with Gasteiger partial charge in [0.05, 0.1) is 37.7 Å². The molecule has 6 nitrogen and oxygen atoms in total.